The summed E-state index contributed by atoms with van der Waals surface area (Å²) in [4.78, 5) is 11.5. The minimum atomic E-state index is -0.835. The summed E-state index contributed by atoms with van der Waals surface area (Å²) in [6, 6.07) is 0. The van der Waals surface area contributed by atoms with Crippen LogP contribution < -0.4 is 0 Å². The zero-order chi connectivity index (χ0) is 13.5. The predicted molar refractivity (Wildman–Crippen MR) is 69.7 cm³/mol. The first-order valence-electron chi connectivity index (χ1n) is 6.40. The minimum absolute atomic E-state index is 0.161. The smallest absolute Gasteiger partial charge is 0.336 e. The molecule has 0 fully saturated rings. The third kappa shape index (κ3) is 5.35. The molecule has 0 saturated carbocycles. The molecule has 0 aromatic rings. The highest BCUT2D eigenvalue weighted by molar-refractivity contribution is 5.88. The molecule has 0 heterocycles. The first kappa shape index (κ1) is 16.2. The lowest BCUT2D eigenvalue weighted by Gasteiger charge is -2.31. The van der Waals surface area contributed by atoms with Gasteiger partial charge in [0.2, 0.25) is 0 Å². The molecule has 1 N–H and O–H groups in total. The Bertz CT molecular complexity index is 256. The number of ether oxygens (including phenoxy) is 1. The molecule has 0 spiro atoms. The highest BCUT2D eigenvalue weighted by Crippen LogP contribution is 2.31. The SMILES string of the molecule is C=C(C(=O)OCC)C(O)C(C)(C)CCCCC. The minimum Gasteiger partial charge on any atom is -0.463 e. The largest absolute Gasteiger partial charge is 0.463 e. The second-order valence-electron chi connectivity index (χ2n) is 5.09. The molecule has 0 aliphatic rings. The maximum absolute atomic E-state index is 11.5. The monoisotopic (exact) mass is 242 g/mol. The maximum Gasteiger partial charge on any atom is 0.336 e. The van der Waals surface area contributed by atoms with Crippen LogP contribution in [0.2, 0.25) is 0 Å². The van der Waals surface area contributed by atoms with Gasteiger partial charge in [0.1, 0.15) is 0 Å². The van der Waals surface area contributed by atoms with Gasteiger partial charge in [-0.1, -0.05) is 46.6 Å². The summed E-state index contributed by atoms with van der Waals surface area (Å²) in [7, 11) is 0. The summed E-state index contributed by atoms with van der Waals surface area (Å²) in [5.74, 6) is -0.497. The van der Waals surface area contributed by atoms with Crippen LogP contribution in [0.1, 0.15) is 53.4 Å². The normalized spacial score (nSPS) is 13.2. The maximum atomic E-state index is 11.5. The van der Waals surface area contributed by atoms with Crippen molar-refractivity contribution in [3.8, 4) is 0 Å². The summed E-state index contributed by atoms with van der Waals surface area (Å²) in [5.41, 5.74) is -0.174. The Kier molecular flexibility index (Phi) is 7.12. The zero-order valence-electron chi connectivity index (χ0n) is 11.6. The second kappa shape index (κ2) is 7.49. The van der Waals surface area contributed by atoms with Gasteiger partial charge in [-0.25, -0.2) is 4.79 Å². The molecule has 0 saturated heterocycles. The number of carbonyl (C=O) groups is 1. The highest BCUT2D eigenvalue weighted by Gasteiger charge is 2.32. The number of aliphatic hydroxyl groups is 1. The Labute approximate surface area is 105 Å². The fraction of sp³-hybridized carbons (Fsp3) is 0.786. The van der Waals surface area contributed by atoms with Crippen molar-refractivity contribution in [2.24, 2.45) is 5.41 Å². The van der Waals surface area contributed by atoms with Crippen molar-refractivity contribution >= 4 is 5.97 Å². The van der Waals surface area contributed by atoms with Crippen LogP contribution in [0.4, 0.5) is 0 Å². The lowest BCUT2D eigenvalue weighted by Crippen LogP contribution is -2.34. The van der Waals surface area contributed by atoms with E-state index in [-0.39, 0.29) is 11.0 Å². The van der Waals surface area contributed by atoms with Crippen LogP contribution in [-0.4, -0.2) is 23.8 Å². The molecule has 0 amide bonds. The van der Waals surface area contributed by atoms with Gasteiger partial charge in [0.05, 0.1) is 18.3 Å². The van der Waals surface area contributed by atoms with Gasteiger partial charge in [-0.2, -0.15) is 0 Å². The van der Waals surface area contributed by atoms with Crippen LogP contribution in [-0.2, 0) is 9.53 Å². The van der Waals surface area contributed by atoms with Crippen LogP contribution in [0.25, 0.3) is 0 Å². The molecule has 1 unspecified atom stereocenters. The van der Waals surface area contributed by atoms with Gasteiger partial charge in [-0.05, 0) is 18.8 Å². The van der Waals surface area contributed by atoms with Crippen LogP contribution in [0.3, 0.4) is 0 Å². The molecule has 0 radical (unpaired) electrons. The van der Waals surface area contributed by atoms with Crippen LogP contribution >= 0.6 is 0 Å². The van der Waals surface area contributed by atoms with E-state index in [0.29, 0.717) is 6.61 Å². The molecule has 0 rings (SSSR count). The molecule has 1 atom stereocenters. The van der Waals surface area contributed by atoms with Gasteiger partial charge in [0.15, 0.2) is 0 Å². The molecular weight excluding hydrogens is 216 g/mol. The predicted octanol–water partition coefficient (Wildman–Crippen LogP) is 3.07. The molecular formula is C14H26O3. The van der Waals surface area contributed by atoms with E-state index >= 15 is 0 Å². The van der Waals surface area contributed by atoms with Gasteiger partial charge >= 0.3 is 5.97 Å². The summed E-state index contributed by atoms with van der Waals surface area (Å²) in [6.07, 6.45) is 3.38. The number of carbonyl (C=O) groups excluding carboxylic acids is 1. The van der Waals surface area contributed by atoms with Crippen molar-refractivity contribution < 1.29 is 14.6 Å². The van der Waals surface area contributed by atoms with Crippen LogP contribution in [0.5, 0.6) is 0 Å². The Morgan fingerprint density at radius 3 is 2.41 bits per heavy atom. The van der Waals surface area contributed by atoms with Gasteiger partial charge in [-0.3, -0.25) is 0 Å². The summed E-state index contributed by atoms with van der Waals surface area (Å²) >= 11 is 0. The molecule has 3 nitrogen and oxygen atoms in total. The Morgan fingerprint density at radius 1 is 1.35 bits per heavy atom. The van der Waals surface area contributed by atoms with E-state index in [1.165, 1.54) is 0 Å². The van der Waals surface area contributed by atoms with E-state index in [9.17, 15) is 9.90 Å². The molecule has 0 aliphatic heterocycles. The molecule has 0 aromatic heterocycles. The topological polar surface area (TPSA) is 46.5 Å². The van der Waals surface area contributed by atoms with E-state index in [1.807, 2.05) is 13.8 Å². The first-order valence-corrected chi connectivity index (χ1v) is 6.40. The fourth-order valence-electron chi connectivity index (χ4n) is 1.77. The summed E-state index contributed by atoms with van der Waals surface area (Å²) < 4.78 is 4.85. The van der Waals surface area contributed by atoms with Gasteiger partial charge in [0, 0.05) is 0 Å². The van der Waals surface area contributed by atoms with Crippen LogP contribution in [0, 0.1) is 5.41 Å². The third-order valence-electron chi connectivity index (χ3n) is 3.03. The Hall–Kier alpha value is -0.830. The number of esters is 1. The molecule has 0 aromatic carbocycles. The zero-order valence-corrected chi connectivity index (χ0v) is 11.6. The highest BCUT2D eigenvalue weighted by atomic mass is 16.5. The summed E-state index contributed by atoms with van der Waals surface area (Å²) in [5, 5.41) is 10.1. The second-order valence-corrected chi connectivity index (χ2v) is 5.09. The van der Waals surface area contributed by atoms with Crippen molar-refractivity contribution in [3.63, 3.8) is 0 Å². The Morgan fingerprint density at radius 2 is 1.94 bits per heavy atom. The van der Waals surface area contributed by atoms with Crippen molar-refractivity contribution in [1.29, 1.82) is 0 Å². The fourth-order valence-corrected chi connectivity index (χ4v) is 1.77. The van der Waals surface area contributed by atoms with Crippen molar-refractivity contribution in [2.75, 3.05) is 6.61 Å². The molecule has 17 heavy (non-hydrogen) atoms. The lowest BCUT2D eigenvalue weighted by molar-refractivity contribution is -0.140. The van der Waals surface area contributed by atoms with Gasteiger partial charge in [-0.15, -0.1) is 0 Å². The van der Waals surface area contributed by atoms with Gasteiger partial charge < -0.3 is 9.84 Å². The summed E-state index contributed by atoms with van der Waals surface area (Å²) in [6.45, 7) is 11.7. The van der Waals surface area contributed by atoms with E-state index < -0.39 is 12.1 Å². The van der Waals surface area contributed by atoms with E-state index in [4.69, 9.17) is 4.74 Å². The van der Waals surface area contributed by atoms with E-state index in [1.54, 1.807) is 6.92 Å². The first-order chi connectivity index (χ1) is 7.86. The number of aliphatic hydroxyl groups excluding tert-OH is 1. The van der Waals surface area contributed by atoms with E-state index in [0.717, 1.165) is 25.7 Å². The lowest BCUT2D eigenvalue weighted by atomic mass is 9.78. The number of hydrogen-bond acceptors (Lipinski definition) is 3. The number of hydrogen-bond donors (Lipinski definition) is 1. The molecule has 0 aliphatic carbocycles. The quantitative estimate of drug-likeness (QED) is 0.404. The molecule has 3 heteroatoms. The molecule has 0 bridgehead atoms. The van der Waals surface area contributed by atoms with Crippen molar-refractivity contribution in [2.45, 2.75) is 59.5 Å². The third-order valence-corrected chi connectivity index (χ3v) is 3.03. The van der Waals surface area contributed by atoms with Crippen molar-refractivity contribution in [3.05, 3.63) is 12.2 Å². The van der Waals surface area contributed by atoms with Crippen LogP contribution in [0.15, 0.2) is 12.2 Å². The Balaban J connectivity index is 4.39. The standard InChI is InChI=1S/C14H26O3/c1-6-8-9-10-14(4,5)12(15)11(3)13(16)17-7-2/h12,15H,3,6-10H2,1-2,4-5H3. The average molecular weight is 242 g/mol. The van der Waals surface area contributed by atoms with Crippen molar-refractivity contribution in [1.82, 2.24) is 0 Å². The average Bonchev–Trinajstić information content (AvgIpc) is 2.27. The number of unbranched alkanes of at least 4 members (excludes halogenated alkanes) is 2. The molecule has 100 valence electrons. The van der Waals surface area contributed by atoms with Gasteiger partial charge in [0.25, 0.3) is 0 Å². The number of rotatable bonds is 8. The van der Waals surface area contributed by atoms with E-state index in [2.05, 4.69) is 13.5 Å².